The van der Waals surface area contributed by atoms with Crippen LogP contribution < -0.4 is 4.72 Å². The number of nitrogens with one attached hydrogen (secondary N) is 1. The summed E-state index contributed by atoms with van der Waals surface area (Å²) in [7, 11) is 0.193. The van der Waals surface area contributed by atoms with Crippen molar-refractivity contribution in [2.45, 2.75) is 12.8 Å². The second-order valence-corrected chi connectivity index (χ2v) is 9.12. The number of likely N-dealkylation sites (tertiary alicyclic amines) is 1. The number of benzene rings is 1. The van der Waals surface area contributed by atoms with Crippen LogP contribution in [0.25, 0.3) is 10.9 Å². The predicted octanol–water partition coefficient (Wildman–Crippen LogP) is 1.60. The number of aromatic nitrogens is 1. The fraction of sp³-hybridized carbons (Fsp3) is 0.526. The van der Waals surface area contributed by atoms with Crippen LogP contribution in [0.3, 0.4) is 0 Å². The minimum atomic E-state index is -3.16. The maximum Gasteiger partial charge on any atom is 0.340 e. The Labute approximate surface area is 160 Å². The monoisotopic (exact) mass is 393 g/mol. The van der Waals surface area contributed by atoms with Gasteiger partial charge < -0.3 is 14.2 Å². The zero-order chi connectivity index (χ0) is 19.4. The van der Waals surface area contributed by atoms with E-state index in [4.69, 9.17) is 4.74 Å². The Kier molecular flexibility index (Phi) is 6.18. The topological polar surface area (TPSA) is 80.6 Å². The van der Waals surface area contributed by atoms with Crippen LogP contribution in [-0.2, 0) is 21.8 Å². The number of ether oxygens (including phenoxy) is 1. The molecular weight excluding hydrogens is 366 g/mol. The van der Waals surface area contributed by atoms with Crippen LogP contribution in [0.4, 0.5) is 0 Å². The molecule has 148 valence electrons. The lowest BCUT2D eigenvalue weighted by molar-refractivity contribution is 0.0377. The number of aryl methyl sites for hydroxylation is 1. The predicted molar refractivity (Wildman–Crippen MR) is 105 cm³/mol. The first-order chi connectivity index (χ1) is 12.9. The Morgan fingerprint density at radius 3 is 2.67 bits per heavy atom. The van der Waals surface area contributed by atoms with Gasteiger partial charge in [0.1, 0.15) is 0 Å². The largest absolute Gasteiger partial charge is 0.462 e. The molecule has 1 aromatic heterocycles. The van der Waals surface area contributed by atoms with E-state index in [0.29, 0.717) is 24.6 Å². The molecule has 0 radical (unpaired) electrons. The van der Waals surface area contributed by atoms with Crippen LogP contribution in [0.2, 0.25) is 0 Å². The standard InChI is InChI=1S/C19H27N3O4S/c1-20-27(24,25)12-11-22-9-7-15(8-10-22)14-26-19(23)17-13-21(2)18-6-4-3-5-16(17)18/h3-6,13,15,20H,7-12,14H2,1-2H3. The van der Waals surface area contributed by atoms with Gasteiger partial charge in [-0.2, -0.15) is 0 Å². The van der Waals surface area contributed by atoms with Gasteiger partial charge in [-0.15, -0.1) is 0 Å². The minimum Gasteiger partial charge on any atom is -0.462 e. The summed E-state index contributed by atoms with van der Waals surface area (Å²) in [5, 5.41) is 0.908. The van der Waals surface area contributed by atoms with Crippen molar-refractivity contribution >= 4 is 26.9 Å². The normalized spacial score (nSPS) is 16.7. The van der Waals surface area contributed by atoms with Crippen LogP contribution in [0.1, 0.15) is 23.2 Å². The third-order valence-corrected chi connectivity index (χ3v) is 6.60. The van der Waals surface area contributed by atoms with Crippen molar-refractivity contribution in [1.82, 2.24) is 14.2 Å². The van der Waals surface area contributed by atoms with E-state index in [-0.39, 0.29) is 11.7 Å². The fourth-order valence-electron chi connectivity index (χ4n) is 3.50. The van der Waals surface area contributed by atoms with E-state index in [1.165, 1.54) is 7.05 Å². The van der Waals surface area contributed by atoms with E-state index < -0.39 is 10.0 Å². The molecule has 1 saturated heterocycles. The van der Waals surface area contributed by atoms with Crippen LogP contribution >= 0.6 is 0 Å². The molecule has 2 aromatic rings. The Hall–Kier alpha value is -1.90. The highest BCUT2D eigenvalue weighted by Gasteiger charge is 2.23. The Morgan fingerprint density at radius 1 is 1.26 bits per heavy atom. The molecule has 1 aromatic carbocycles. The van der Waals surface area contributed by atoms with Crippen LogP contribution in [0, 0.1) is 5.92 Å². The highest BCUT2D eigenvalue weighted by molar-refractivity contribution is 7.89. The van der Waals surface area contributed by atoms with Gasteiger partial charge in [-0.1, -0.05) is 18.2 Å². The van der Waals surface area contributed by atoms with E-state index in [9.17, 15) is 13.2 Å². The zero-order valence-corrected chi connectivity index (χ0v) is 16.7. The van der Waals surface area contributed by atoms with Gasteiger partial charge in [0, 0.05) is 30.7 Å². The molecule has 1 aliphatic heterocycles. The lowest BCUT2D eigenvalue weighted by Crippen LogP contribution is -2.39. The van der Waals surface area contributed by atoms with Crippen molar-refractivity contribution in [1.29, 1.82) is 0 Å². The smallest absolute Gasteiger partial charge is 0.340 e. The highest BCUT2D eigenvalue weighted by atomic mass is 32.2. The number of esters is 1. The number of carbonyl (C=O) groups excluding carboxylic acids is 1. The van der Waals surface area contributed by atoms with Gasteiger partial charge in [-0.3, -0.25) is 0 Å². The Balaban J connectivity index is 1.48. The Bertz CT molecular complexity index is 899. The quantitative estimate of drug-likeness (QED) is 0.723. The molecule has 1 aliphatic rings. The maximum atomic E-state index is 12.5. The lowest BCUT2D eigenvalue weighted by atomic mass is 9.98. The summed E-state index contributed by atoms with van der Waals surface area (Å²) in [5.74, 6) is 0.153. The molecule has 0 amide bonds. The van der Waals surface area contributed by atoms with Crippen molar-refractivity contribution in [2.24, 2.45) is 13.0 Å². The first-order valence-corrected chi connectivity index (χ1v) is 10.9. The van der Waals surface area contributed by atoms with Crippen molar-refractivity contribution in [2.75, 3.05) is 39.0 Å². The molecular formula is C19H27N3O4S. The number of hydrogen-bond donors (Lipinski definition) is 1. The van der Waals surface area contributed by atoms with Gasteiger partial charge in [0.15, 0.2) is 0 Å². The maximum absolute atomic E-state index is 12.5. The van der Waals surface area contributed by atoms with E-state index in [1.807, 2.05) is 42.1 Å². The molecule has 0 aliphatic carbocycles. The number of piperidine rings is 1. The van der Waals surface area contributed by atoms with E-state index >= 15 is 0 Å². The van der Waals surface area contributed by atoms with Crippen molar-refractivity contribution in [3.05, 3.63) is 36.0 Å². The van der Waals surface area contributed by atoms with Crippen LogP contribution in [0.5, 0.6) is 0 Å². The molecule has 8 heteroatoms. The van der Waals surface area contributed by atoms with Gasteiger partial charge in [-0.25, -0.2) is 17.9 Å². The number of carbonyl (C=O) groups is 1. The number of hydrogen-bond acceptors (Lipinski definition) is 5. The summed E-state index contributed by atoms with van der Waals surface area (Å²) in [4.78, 5) is 14.7. The molecule has 1 fully saturated rings. The van der Waals surface area contributed by atoms with Gasteiger partial charge in [0.25, 0.3) is 0 Å². The molecule has 3 rings (SSSR count). The minimum absolute atomic E-state index is 0.115. The van der Waals surface area contributed by atoms with Crippen LogP contribution in [0.15, 0.2) is 30.5 Å². The van der Waals surface area contributed by atoms with Crippen molar-refractivity contribution in [3.8, 4) is 0 Å². The fourth-order valence-corrected chi connectivity index (χ4v) is 4.21. The molecule has 0 atom stereocenters. The van der Waals surface area contributed by atoms with Crippen molar-refractivity contribution < 1.29 is 17.9 Å². The van der Waals surface area contributed by atoms with E-state index in [2.05, 4.69) is 9.62 Å². The summed E-state index contributed by atoms with van der Waals surface area (Å²) in [5.41, 5.74) is 1.61. The molecule has 7 nitrogen and oxygen atoms in total. The average Bonchev–Trinajstić information content (AvgIpc) is 3.02. The first-order valence-electron chi connectivity index (χ1n) is 9.24. The first kappa shape index (κ1) is 19.9. The number of sulfonamides is 1. The molecule has 27 heavy (non-hydrogen) atoms. The van der Waals surface area contributed by atoms with E-state index in [1.54, 1.807) is 0 Å². The highest BCUT2D eigenvalue weighted by Crippen LogP contribution is 2.22. The lowest BCUT2D eigenvalue weighted by Gasteiger charge is -2.31. The van der Waals surface area contributed by atoms with Gasteiger partial charge in [0.05, 0.1) is 17.9 Å². The van der Waals surface area contributed by atoms with Gasteiger partial charge >= 0.3 is 5.97 Å². The van der Waals surface area contributed by atoms with Gasteiger partial charge in [-0.05, 0) is 45.0 Å². The molecule has 0 saturated carbocycles. The molecule has 0 spiro atoms. The third-order valence-electron chi connectivity index (χ3n) is 5.26. The summed E-state index contributed by atoms with van der Waals surface area (Å²) < 4.78 is 32.9. The number of nitrogens with zero attached hydrogens (tertiary/aromatic N) is 2. The average molecular weight is 394 g/mol. The number of rotatable bonds is 7. The summed E-state index contributed by atoms with van der Waals surface area (Å²) in [6.45, 7) is 2.60. The molecule has 0 unspecified atom stereocenters. The summed E-state index contributed by atoms with van der Waals surface area (Å²) >= 11 is 0. The zero-order valence-electron chi connectivity index (χ0n) is 15.8. The Morgan fingerprint density at radius 2 is 1.96 bits per heavy atom. The third kappa shape index (κ3) is 4.88. The molecule has 2 heterocycles. The summed E-state index contributed by atoms with van der Waals surface area (Å²) in [6.07, 6.45) is 3.63. The van der Waals surface area contributed by atoms with E-state index in [0.717, 1.165) is 36.8 Å². The second-order valence-electron chi connectivity index (χ2n) is 7.08. The number of para-hydroxylation sites is 1. The number of fused-ring (bicyclic) bond motifs is 1. The van der Waals surface area contributed by atoms with Gasteiger partial charge in [0.2, 0.25) is 10.0 Å². The second kappa shape index (κ2) is 8.41. The summed E-state index contributed by atoms with van der Waals surface area (Å²) in [6, 6.07) is 7.79. The van der Waals surface area contributed by atoms with Crippen LogP contribution in [-0.4, -0.2) is 62.9 Å². The van der Waals surface area contributed by atoms with Crippen molar-refractivity contribution in [3.63, 3.8) is 0 Å². The molecule has 1 N–H and O–H groups in total. The SMILES string of the molecule is CNS(=O)(=O)CCN1CCC(COC(=O)c2cn(C)c3ccccc23)CC1. The molecule has 0 bridgehead atoms.